The molecule has 0 radical (unpaired) electrons. The summed E-state index contributed by atoms with van der Waals surface area (Å²) < 4.78 is 0. The lowest BCUT2D eigenvalue weighted by Crippen LogP contribution is -2.28. The summed E-state index contributed by atoms with van der Waals surface area (Å²) in [6, 6.07) is 13.6. The summed E-state index contributed by atoms with van der Waals surface area (Å²) in [6.45, 7) is 0.813. The summed E-state index contributed by atoms with van der Waals surface area (Å²) in [6.07, 6.45) is 3.84. The van der Waals surface area contributed by atoms with Gasteiger partial charge in [-0.05, 0) is 18.2 Å². The number of para-hydroxylation sites is 1. The second-order valence-corrected chi connectivity index (χ2v) is 8.13. The van der Waals surface area contributed by atoms with Crippen molar-refractivity contribution in [1.29, 1.82) is 0 Å². The highest BCUT2D eigenvalue weighted by Gasteiger charge is 2.34. The highest BCUT2D eigenvalue weighted by Crippen LogP contribution is 2.31. The normalized spacial score (nSPS) is 16.3. The van der Waals surface area contributed by atoms with Crippen molar-refractivity contribution >= 4 is 39.2 Å². The molecule has 8 heteroatoms. The Labute approximate surface area is 176 Å². The number of aromatic amines is 1. The largest absolute Gasteiger partial charge is 0.360 e. The van der Waals surface area contributed by atoms with E-state index in [0.29, 0.717) is 18.2 Å². The molecule has 30 heavy (non-hydrogen) atoms. The lowest BCUT2D eigenvalue weighted by molar-refractivity contribution is -0.128. The third-order valence-electron chi connectivity index (χ3n) is 5.26. The molecule has 3 aromatic heterocycles. The van der Waals surface area contributed by atoms with Crippen LogP contribution in [0.5, 0.6) is 0 Å². The van der Waals surface area contributed by atoms with Crippen molar-refractivity contribution in [1.82, 2.24) is 19.9 Å². The van der Waals surface area contributed by atoms with Crippen LogP contribution in [-0.2, 0) is 16.1 Å². The van der Waals surface area contributed by atoms with E-state index in [1.807, 2.05) is 54.0 Å². The van der Waals surface area contributed by atoms with Gasteiger partial charge in [0.25, 0.3) is 0 Å². The van der Waals surface area contributed by atoms with E-state index in [1.54, 1.807) is 11.1 Å². The van der Waals surface area contributed by atoms with E-state index in [2.05, 4.69) is 20.3 Å². The van der Waals surface area contributed by atoms with E-state index >= 15 is 0 Å². The molecule has 1 fully saturated rings. The number of pyridine rings is 1. The van der Waals surface area contributed by atoms with Gasteiger partial charge in [0.05, 0.1) is 23.9 Å². The molecule has 2 N–H and O–H groups in total. The summed E-state index contributed by atoms with van der Waals surface area (Å²) in [5.41, 5.74) is 3.67. The van der Waals surface area contributed by atoms with E-state index in [1.165, 1.54) is 11.3 Å². The molecule has 0 unspecified atom stereocenters. The number of carbonyl (C=O) groups excluding carboxylic acids is 2. The molecule has 0 spiro atoms. The first-order valence-corrected chi connectivity index (χ1v) is 10.6. The maximum absolute atomic E-state index is 12.7. The van der Waals surface area contributed by atoms with Crippen LogP contribution in [0.25, 0.3) is 22.2 Å². The standard InChI is InChI=1S/C22H19N5O2S/c28-20-9-14(11-27(20)12-15-5-3-4-8-23-15)21(29)26-22-25-19(13-30-22)17-10-24-18-7-2-1-6-16(17)18/h1-8,10,13-14,24H,9,11-12H2,(H,25,26,29)/t14-/m1/s1. The number of hydrogen-bond acceptors (Lipinski definition) is 5. The summed E-state index contributed by atoms with van der Waals surface area (Å²) >= 11 is 1.38. The highest BCUT2D eigenvalue weighted by atomic mass is 32.1. The molecule has 1 aliphatic heterocycles. The summed E-state index contributed by atoms with van der Waals surface area (Å²) in [7, 11) is 0. The number of H-pyrrole nitrogens is 1. The molecule has 1 saturated heterocycles. The molecular formula is C22H19N5O2S. The second-order valence-electron chi connectivity index (χ2n) is 7.27. The Kier molecular flexibility index (Phi) is 4.76. The van der Waals surface area contributed by atoms with E-state index in [-0.39, 0.29) is 24.2 Å². The van der Waals surface area contributed by atoms with Gasteiger partial charge in [0.1, 0.15) is 0 Å². The van der Waals surface area contributed by atoms with E-state index in [9.17, 15) is 9.59 Å². The van der Waals surface area contributed by atoms with Crippen LogP contribution in [0, 0.1) is 5.92 Å². The number of rotatable bonds is 5. The molecule has 0 aliphatic carbocycles. The number of likely N-dealkylation sites (tertiary alicyclic amines) is 1. The first kappa shape index (κ1) is 18.5. The first-order chi connectivity index (χ1) is 14.7. The van der Waals surface area contributed by atoms with E-state index < -0.39 is 0 Å². The fourth-order valence-corrected chi connectivity index (χ4v) is 4.45. The fraction of sp³-hybridized carbons (Fsp3) is 0.182. The number of fused-ring (bicyclic) bond motifs is 1. The number of nitrogens with zero attached hydrogens (tertiary/aromatic N) is 3. The zero-order valence-electron chi connectivity index (χ0n) is 16.0. The van der Waals surface area contributed by atoms with Crippen LogP contribution >= 0.6 is 11.3 Å². The SMILES string of the molecule is O=C(Nc1nc(-c2c[nH]c3ccccc23)cs1)[C@@H]1CC(=O)N(Cc2ccccn2)C1. The maximum Gasteiger partial charge on any atom is 0.231 e. The minimum atomic E-state index is -0.387. The van der Waals surface area contributed by atoms with Crippen molar-refractivity contribution in [3.63, 3.8) is 0 Å². The Hall–Kier alpha value is -3.52. The Bertz CT molecular complexity index is 1220. The summed E-state index contributed by atoms with van der Waals surface area (Å²) in [4.78, 5) is 38.8. The van der Waals surface area contributed by atoms with Gasteiger partial charge < -0.3 is 15.2 Å². The van der Waals surface area contributed by atoms with Crippen LogP contribution in [-0.4, -0.2) is 38.2 Å². The van der Waals surface area contributed by atoms with Crippen LogP contribution in [0.2, 0.25) is 0 Å². The average Bonchev–Trinajstić information content (AvgIpc) is 3.48. The lowest BCUT2D eigenvalue weighted by atomic mass is 10.1. The number of benzene rings is 1. The smallest absolute Gasteiger partial charge is 0.231 e. The van der Waals surface area contributed by atoms with Crippen LogP contribution in [0.1, 0.15) is 12.1 Å². The van der Waals surface area contributed by atoms with E-state index in [0.717, 1.165) is 27.9 Å². The van der Waals surface area contributed by atoms with Crippen LogP contribution < -0.4 is 5.32 Å². The Morgan fingerprint density at radius 1 is 1.23 bits per heavy atom. The van der Waals surface area contributed by atoms with Crippen molar-refractivity contribution in [3.05, 3.63) is 65.9 Å². The van der Waals surface area contributed by atoms with E-state index in [4.69, 9.17) is 0 Å². The van der Waals surface area contributed by atoms with Crippen LogP contribution in [0.15, 0.2) is 60.2 Å². The molecule has 1 atom stereocenters. The molecule has 150 valence electrons. The predicted molar refractivity (Wildman–Crippen MR) is 116 cm³/mol. The minimum absolute atomic E-state index is 0.0283. The number of nitrogens with one attached hydrogen (secondary N) is 2. The molecular weight excluding hydrogens is 398 g/mol. The van der Waals surface area contributed by atoms with Gasteiger partial charge >= 0.3 is 0 Å². The van der Waals surface area contributed by atoms with Gasteiger partial charge in [0, 0.05) is 47.2 Å². The number of thiazole rings is 1. The summed E-state index contributed by atoms with van der Waals surface area (Å²) in [5, 5.41) is 6.44. The highest BCUT2D eigenvalue weighted by molar-refractivity contribution is 7.14. The number of carbonyl (C=O) groups is 2. The van der Waals surface area contributed by atoms with Crippen molar-refractivity contribution in [3.8, 4) is 11.3 Å². The van der Waals surface area contributed by atoms with Gasteiger partial charge in [0.2, 0.25) is 11.8 Å². The Morgan fingerprint density at radius 2 is 2.10 bits per heavy atom. The van der Waals surface area contributed by atoms with Gasteiger partial charge in [-0.15, -0.1) is 11.3 Å². The quantitative estimate of drug-likeness (QED) is 0.518. The number of hydrogen-bond donors (Lipinski definition) is 2. The average molecular weight is 417 g/mol. The first-order valence-electron chi connectivity index (χ1n) is 9.68. The molecule has 0 saturated carbocycles. The third kappa shape index (κ3) is 3.57. The molecule has 4 aromatic rings. The minimum Gasteiger partial charge on any atom is -0.360 e. The van der Waals surface area contributed by atoms with Crippen LogP contribution in [0.3, 0.4) is 0 Å². The van der Waals surface area contributed by atoms with Gasteiger partial charge in [-0.1, -0.05) is 24.3 Å². The molecule has 2 amide bonds. The zero-order chi connectivity index (χ0) is 20.5. The molecule has 0 bridgehead atoms. The van der Waals surface area contributed by atoms with Crippen molar-refractivity contribution < 1.29 is 9.59 Å². The fourth-order valence-electron chi connectivity index (χ4n) is 3.73. The molecule has 1 aromatic carbocycles. The monoisotopic (exact) mass is 417 g/mol. The van der Waals surface area contributed by atoms with Crippen LogP contribution in [0.4, 0.5) is 5.13 Å². The van der Waals surface area contributed by atoms with Gasteiger partial charge in [-0.3, -0.25) is 14.6 Å². The van der Waals surface area contributed by atoms with Gasteiger partial charge in [0.15, 0.2) is 5.13 Å². The second kappa shape index (κ2) is 7.72. The third-order valence-corrected chi connectivity index (χ3v) is 6.02. The molecule has 7 nitrogen and oxygen atoms in total. The van der Waals surface area contributed by atoms with Crippen molar-refractivity contribution in [2.45, 2.75) is 13.0 Å². The predicted octanol–water partition coefficient (Wildman–Crippen LogP) is 3.67. The number of aromatic nitrogens is 3. The van der Waals surface area contributed by atoms with Crippen molar-refractivity contribution in [2.75, 3.05) is 11.9 Å². The van der Waals surface area contributed by atoms with Gasteiger partial charge in [-0.2, -0.15) is 0 Å². The zero-order valence-corrected chi connectivity index (χ0v) is 16.9. The Balaban J connectivity index is 1.26. The Morgan fingerprint density at radius 3 is 2.97 bits per heavy atom. The topological polar surface area (TPSA) is 91.0 Å². The van der Waals surface area contributed by atoms with Crippen molar-refractivity contribution in [2.24, 2.45) is 5.92 Å². The molecule has 5 rings (SSSR count). The maximum atomic E-state index is 12.7. The van der Waals surface area contributed by atoms with Gasteiger partial charge in [-0.25, -0.2) is 4.98 Å². The molecule has 4 heterocycles. The summed E-state index contributed by atoms with van der Waals surface area (Å²) in [5.74, 6) is -0.590. The number of amides is 2. The lowest BCUT2D eigenvalue weighted by Gasteiger charge is -2.15. The number of anilines is 1. The molecule has 1 aliphatic rings.